The molecule has 0 aliphatic heterocycles. The zero-order chi connectivity index (χ0) is 32.4. The number of benzene rings is 6. The van der Waals surface area contributed by atoms with Crippen molar-refractivity contribution in [2.45, 2.75) is 5.41 Å². The number of rotatable bonds is 4. The van der Waals surface area contributed by atoms with E-state index in [1.165, 1.54) is 44.5 Å². The summed E-state index contributed by atoms with van der Waals surface area (Å²) >= 11 is 0. The van der Waals surface area contributed by atoms with Crippen LogP contribution >= 0.6 is 0 Å². The molecular weight excluding hydrogens is 597 g/mol. The number of nitrogens with zero attached hydrogens (tertiary/aromatic N) is 4. The van der Waals surface area contributed by atoms with Crippen LogP contribution in [-0.2, 0) is 5.41 Å². The van der Waals surface area contributed by atoms with Crippen LogP contribution in [-0.4, -0.2) is 19.9 Å². The van der Waals surface area contributed by atoms with Crippen molar-refractivity contribution in [1.82, 2.24) is 19.9 Å². The molecule has 0 fully saturated rings. The zero-order valence-electron chi connectivity index (χ0n) is 26.5. The first kappa shape index (κ1) is 27.6. The van der Waals surface area contributed by atoms with Crippen molar-refractivity contribution in [3.8, 4) is 67.5 Å². The predicted octanol–water partition coefficient (Wildman–Crippen LogP) is 10.3. The summed E-state index contributed by atoms with van der Waals surface area (Å²) in [6, 6.07) is 55.7. The average molecular weight is 625 g/mol. The first-order chi connectivity index (χ1) is 24.3. The molecule has 49 heavy (non-hydrogen) atoms. The molecule has 0 saturated heterocycles. The summed E-state index contributed by atoms with van der Waals surface area (Å²) in [5.41, 5.74) is 14.9. The van der Waals surface area contributed by atoms with Crippen LogP contribution in [0.3, 0.4) is 0 Å². The monoisotopic (exact) mass is 624 g/mol. The third-order valence-corrected chi connectivity index (χ3v) is 10.0. The molecule has 4 heteroatoms. The standard InChI is InChI=1S/C45H28N4/c1-3-12-29(13-4-1)42-47-43(30-14-5-2-6-15-30)49-44(48-42)33-17-11-16-31(26-33)32-22-23-36-34-18-7-9-20-38(34)45(41(36)27-32)39-21-10-8-19-35(39)37-28-46-25-24-40(37)45/h1-28H. The molecule has 10 rings (SSSR count). The molecule has 228 valence electrons. The van der Waals surface area contributed by atoms with Gasteiger partial charge in [-0.3, -0.25) is 4.98 Å². The van der Waals surface area contributed by atoms with Crippen molar-refractivity contribution < 1.29 is 0 Å². The molecule has 2 aliphatic carbocycles. The van der Waals surface area contributed by atoms with Crippen molar-refractivity contribution in [3.63, 3.8) is 0 Å². The van der Waals surface area contributed by atoms with Crippen molar-refractivity contribution in [2.75, 3.05) is 0 Å². The molecule has 1 unspecified atom stereocenters. The lowest BCUT2D eigenvalue weighted by atomic mass is 9.70. The van der Waals surface area contributed by atoms with E-state index in [1.807, 2.05) is 73.1 Å². The maximum absolute atomic E-state index is 5.00. The van der Waals surface area contributed by atoms with Crippen molar-refractivity contribution in [3.05, 3.63) is 192 Å². The summed E-state index contributed by atoms with van der Waals surface area (Å²) in [7, 11) is 0. The maximum Gasteiger partial charge on any atom is 0.164 e. The van der Waals surface area contributed by atoms with Gasteiger partial charge in [0.2, 0.25) is 0 Å². The van der Waals surface area contributed by atoms with Gasteiger partial charge in [-0.2, -0.15) is 0 Å². The molecule has 4 nitrogen and oxygen atoms in total. The van der Waals surface area contributed by atoms with Crippen LogP contribution in [0.15, 0.2) is 170 Å². The van der Waals surface area contributed by atoms with E-state index in [1.54, 1.807) is 0 Å². The Morgan fingerprint density at radius 2 is 0.816 bits per heavy atom. The van der Waals surface area contributed by atoms with Crippen LogP contribution in [0.1, 0.15) is 22.3 Å². The highest BCUT2D eigenvalue weighted by Gasteiger charge is 2.51. The smallest absolute Gasteiger partial charge is 0.164 e. The Bertz CT molecular complexity index is 2440. The van der Waals surface area contributed by atoms with E-state index in [2.05, 4.69) is 102 Å². The van der Waals surface area contributed by atoms with Crippen LogP contribution in [0.25, 0.3) is 67.5 Å². The molecule has 2 aromatic heterocycles. The summed E-state index contributed by atoms with van der Waals surface area (Å²) in [6.07, 6.45) is 3.96. The zero-order valence-corrected chi connectivity index (χ0v) is 26.5. The van der Waals surface area contributed by atoms with Crippen LogP contribution < -0.4 is 0 Å². The van der Waals surface area contributed by atoms with E-state index >= 15 is 0 Å². The summed E-state index contributed by atoms with van der Waals surface area (Å²) in [5.74, 6) is 1.95. The second-order valence-corrected chi connectivity index (χ2v) is 12.6. The van der Waals surface area contributed by atoms with Gasteiger partial charge < -0.3 is 0 Å². The lowest BCUT2D eigenvalue weighted by Crippen LogP contribution is -2.25. The predicted molar refractivity (Wildman–Crippen MR) is 196 cm³/mol. The summed E-state index contributed by atoms with van der Waals surface area (Å²) < 4.78 is 0. The lowest BCUT2D eigenvalue weighted by molar-refractivity contribution is 0.792. The maximum atomic E-state index is 5.00. The van der Waals surface area contributed by atoms with Gasteiger partial charge in [-0.15, -0.1) is 0 Å². The third kappa shape index (κ3) is 4.11. The van der Waals surface area contributed by atoms with Crippen molar-refractivity contribution >= 4 is 0 Å². The Morgan fingerprint density at radius 3 is 1.49 bits per heavy atom. The second kappa shape index (κ2) is 10.8. The Hall–Kier alpha value is -6.52. The molecule has 2 aliphatic rings. The molecule has 8 aromatic rings. The van der Waals surface area contributed by atoms with E-state index < -0.39 is 5.41 Å². The van der Waals surface area contributed by atoms with Crippen molar-refractivity contribution in [1.29, 1.82) is 0 Å². The van der Waals surface area contributed by atoms with Gasteiger partial charge in [0.15, 0.2) is 17.5 Å². The normalized spacial score (nSPS) is 15.0. The third-order valence-electron chi connectivity index (χ3n) is 10.0. The fourth-order valence-corrected chi connectivity index (χ4v) is 7.94. The molecule has 0 radical (unpaired) electrons. The number of pyridine rings is 1. The highest BCUT2D eigenvalue weighted by Crippen LogP contribution is 2.62. The summed E-state index contributed by atoms with van der Waals surface area (Å²) in [5, 5.41) is 0. The largest absolute Gasteiger partial charge is 0.264 e. The molecule has 0 bridgehead atoms. The average Bonchev–Trinajstić information content (AvgIpc) is 3.66. The van der Waals surface area contributed by atoms with Crippen molar-refractivity contribution in [2.24, 2.45) is 0 Å². The minimum atomic E-state index is -0.419. The van der Waals surface area contributed by atoms with Gasteiger partial charge >= 0.3 is 0 Å². The number of hydrogen-bond donors (Lipinski definition) is 0. The first-order valence-electron chi connectivity index (χ1n) is 16.6. The van der Waals surface area contributed by atoms with E-state index in [4.69, 9.17) is 15.0 Å². The quantitative estimate of drug-likeness (QED) is 0.196. The molecule has 1 spiro atoms. The van der Waals surface area contributed by atoms with Gasteiger partial charge in [0, 0.05) is 34.6 Å². The Labute approximate surface area is 284 Å². The number of fused-ring (bicyclic) bond motifs is 10. The number of aromatic nitrogens is 4. The number of hydrogen-bond acceptors (Lipinski definition) is 4. The van der Waals surface area contributed by atoms with Gasteiger partial charge in [-0.25, -0.2) is 15.0 Å². The van der Waals surface area contributed by atoms with Gasteiger partial charge in [0.05, 0.1) is 5.41 Å². The van der Waals surface area contributed by atoms with Gasteiger partial charge in [0.1, 0.15) is 0 Å². The van der Waals surface area contributed by atoms with Gasteiger partial charge in [0.25, 0.3) is 0 Å². The second-order valence-electron chi connectivity index (χ2n) is 12.6. The fraction of sp³-hybridized carbons (Fsp3) is 0.0222. The fourth-order valence-electron chi connectivity index (χ4n) is 7.94. The van der Waals surface area contributed by atoms with Crippen LogP contribution in [0, 0.1) is 0 Å². The SMILES string of the molecule is c1ccc(-c2nc(-c3ccccc3)nc(-c3cccc(-c4ccc5c(c4)C4(c6ccccc6-c6cnccc64)c4ccccc4-5)c3)n2)cc1. The Balaban J connectivity index is 1.15. The lowest BCUT2D eigenvalue weighted by Gasteiger charge is -2.30. The highest BCUT2D eigenvalue weighted by molar-refractivity contribution is 5.95. The molecule has 1 atom stereocenters. The van der Waals surface area contributed by atoms with Crippen LogP contribution in [0.4, 0.5) is 0 Å². The molecule has 2 heterocycles. The summed E-state index contributed by atoms with van der Waals surface area (Å²) in [6.45, 7) is 0. The van der Waals surface area contributed by atoms with Crippen LogP contribution in [0.5, 0.6) is 0 Å². The molecule has 0 N–H and O–H groups in total. The van der Waals surface area contributed by atoms with E-state index in [-0.39, 0.29) is 0 Å². The molecular formula is C45H28N4. The highest BCUT2D eigenvalue weighted by atomic mass is 15.0. The van der Waals surface area contributed by atoms with Gasteiger partial charge in [-0.1, -0.05) is 140 Å². The van der Waals surface area contributed by atoms with E-state index in [0.29, 0.717) is 17.5 Å². The van der Waals surface area contributed by atoms with E-state index in [9.17, 15) is 0 Å². The Kier molecular flexibility index (Phi) is 6.06. The van der Waals surface area contributed by atoms with E-state index in [0.717, 1.165) is 27.8 Å². The van der Waals surface area contributed by atoms with Crippen LogP contribution in [0.2, 0.25) is 0 Å². The molecule has 0 saturated carbocycles. The minimum absolute atomic E-state index is 0.419. The Morgan fingerprint density at radius 1 is 0.327 bits per heavy atom. The molecule has 0 amide bonds. The minimum Gasteiger partial charge on any atom is -0.264 e. The summed E-state index contributed by atoms with van der Waals surface area (Å²) in [4.78, 5) is 19.4. The topological polar surface area (TPSA) is 51.6 Å². The van der Waals surface area contributed by atoms with Gasteiger partial charge in [-0.05, 0) is 68.3 Å². The molecule has 6 aromatic carbocycles. The first-order valence-corrected chi connectivity index (χ1v) is 16.6.